The van der Waals surface area contributed by atoms with Crippen molar-refractivity contribution in [3.63, 3.8) is 0 Å². The Hall–Kier alpha value is -1.89. The molecule has 40 heavy (non-hydrogen) atoms. The smallest absolute Gasteiger partial charge is 0.243 e. The number of amides is 2. The molecule has 1 aliphatic rings. The zero-order valence-corrected chi connectivity index (χ0v) is 25.9. The van der Waals surface area contributed by atoms with Crippen LogP contribution in [0.4, 0.5) is 0 Å². The molecule has 4 rings (SSSR count). The van der Waals surface area contributed by atoms with E-state index < -0.39 is 6.04 Å². The predicted molar refractivity (Wildman–Crippen MR) is 169 cm³/mol. The van der Waals surface area contributed by atoms with Crippen molar-refractivity contribution >= 4 is 70.0 Å². The van der Waals surface area contributed by atoms with E-state index in [-0.39, 0.29) is 30.2 Å². The first kappa shape index (κ1) is 31.1. The monoisotopic (exact) mass is 636 g/mol. The molecule has 4 nitrogen and oxygen atoms in total. The van der Waals surface area contributed by atoms with Gasteiger partial charge in [-0.15, -0.1) is 11.8 Å². The fourth-order valence-electron chi connectivity index (χ4n) is 4.93. The van der Waals surface area contributed by atoms with Gasteiger partial charge in [0.2, 0.25) is 11.8 Å². The van der Waals surface area contributed by atoms with E-state index in [2.05, 4.69) is 5.32 Å². The standard InChI is InChI=1S/C31H32Cl4N2O2S/c32-25-12-7-13-26(33)24(25)19-40-20-30(38)37(18-22-14-15-27(34)28(35)16-22)29(17-21-8-3-1-4-9-21)31(39)36-23-10-5-2-6-11-23/h1,3-4,7-9,12-16,23,29H,2,5-6,10-11,17-20H2,(H,36,39)/t29-/m0/s1. The summed E-state index contributed by atoms with van der Waals surface area (Å²) < 4.78 is 0. The molecule has 212 valence electrons. The van der Waals surface area contributed by atoms with Crippen molar-refractivity contribution < 1.29 is 9.59 Å². The average molecular weight is 638 g/mol. The van der Waals surface area contributed by atoms with Gasteiger partial charge in [0, 0.05) is 34.8 Å². The van der Waals surface area contributed by atoms with Gasteiger partial charge in [0.15, 0.2) is 0 Å². The molecular weight excluding hydrogens is 606 g/mol. The maximum Gasteiger partial charge on any atom is 0.243 e. The normalized spacial score (nSPS) is 14.5. The topological polar surface area (TPSA) is 49.4 Å². The van der Waals surface area contributed by atoms with Gasteiger partial charge in [-0.05, 0) is 53.8 Å². The summed E-state index contributed by atoms with van der Waals surface area (Å²) in [6.07, 6.45) is 5.70. The highest BCUT2D eigenvalue weighted by Gasteiger charge is 2.32. The van der Waals surface area contributed by atoms with Gasteiger partial charge in [-0.1, -0.05) is 108 Å². The zero-order valence-electron chi connectivity index (χ0n) is 22.1. The first-order chi connectivity index (χ1) is 19.3. The number of carbonyl (C=O) groups is 2. The van der Waals surface area contributed by atoms with Gasteiger partial charge in [-0.2, -0.15) is 0 Å². The van der Waals surface area contributed by atoms with Gasteiger partial charge in [0.1, 0.15) is 6.04 Å². The second-order valence-corrected chi connectivity index (χ2v) is 12.6. The second-order valence-electron chi connectivity index (χ2n) is 10.0. The van der Waals surface area contributed by atoms with E-state index in [9.17, 15) is 9.59 Å². The third-order valence-electron chi connectivity index (χ3n) is 7.09. The van der Waals surface area contributed by atoms with E-state index in [4.69, 9.17) is 46.4 Å². The van der Waals surface area contributed by atoms with Crippen molar-refractivity contribution in [1.82, 2.24) is 10.2 Å². The van der Waals surface area contributed by atoms with Crippen LogP contribution in [0.5, 0.6) is 0 Å². The lowest BCUT2D eigenvalue weighted by molar-refractivity contribution is -0.139. The van der Waals surface area contributed by atoms with Crippen molar-refractivity contribution in [2.45, 2.75) is 62.9 Å². The van der Waals surface area contributed by atoms with Crippen LogP contribution in [0.1, 0.15) is 48.8 Å². The number of nitrogens with one attached hydrogen (secondary N) is 1. The van der Waals surface area contributed by atoms with Crippen LogP contribution >= 0.6 is 58.2 Å². The molecule has 1 atom stereocenters. The molecule has 0 spiro atoms. The minimum absolute atomic E-state index is 0.123. The lowest BCUT2D eigenvalue weighted by Crippen LogP contribution is -2.53. The zero-order chi connectivity index (χ0) is 28.5. The number of rotatable bonds is 11. The molecule has 1 saturated carbocycles. The van der Waals surface area contributed by atoms with Gasteiger partial charge in [0.05, 0.1) is 15.8 Å². The fourth-order valence-corrected chi connectivity index (χ4v) is 6.89. The Morgan fingerprint density at radius 2 is 1.52 bits per heavy atom. The molecule has 1 N–H and O–H groups in total. The predicted octanol–water partition coefficient (Wildman–Crippen LogP) is 8.62. The summed E-state index contributed by atoms with van der Waals surface area (Å²) >= 11 is 26.6. The molecule has 0 radical (unpaired) electrons. The number of hydrogen-bond acceptors (Lipinski definition) is 3. The first-order valence-electron chi connectivity index (χ1n) is 13.4. The maximum absolute atomic E-state index is 13.9. The van der Waals surface area contributed by atoms with Crippen LogP contribution in [-0.2, 0) is 28.3 Å². The average Bonchev–Trinajstić information content (AvgIpc) is 2.95. The number of thioether (sulfide) groups is 1. The van der Waals surface area contributed by atoms with Gasteiger partial charge in [0.25, 0.3) is 0 Å². The number of nitrogens with zero attached hydrogens (tertiary/aromatic N) is 1. The van der Waals surface area contributed by atoms with E-state index in [1.54, 1.807) is 35.2 Å². The molecule has 0 unspecified atom stereocenters. The van der Waals surface area contributed by atoms with Crippen molar-refractivity contribution in [3.8, 4) is 0 Å². The van der Waals surface area contributed by atoms with Gasteiger partial charge in [-0.3, -0.25) is 9.59 Å². The Morgan fingerprint density at radius 1 is 0.825 bits per heavy atom. The van der Waals surface area contributed by atoms with Crippen LogP contribution in [0.15, 0.2) is 66.7 Å². The van der Waals surface area contributed by atoms with E-state index in [1.807, 2.05) is 36.4 Å². The lowest BCUT2D eigenvalue weighted by Gasteiger charge is -2.33. The number of carbonyl (C=O) groups excluding carboxylic acids is 2. The Bertz CT molecular complexity index is 1280. The van der Waals surface area contributed by atoms with E-state index in [0.29, 0.717) is 32.3 Å². The molecule has 0 saturated heterocycles. The Morgan fingerprint density at radius 3 is 2.20 bits per heavy atom. The summed E-state index contributed by atoms with van der Waals surface area (Å²) in [5.41, 5.74) is 2.56. The highest BCUT2D eigenvalue weighted by Crippen LogP contribution is 2.29. The van der Waals surface area contributed by atoms with Crippen LogP contribution in [0.3, 0.4) is 0 Å². The second kappa shape index (κ2) is 15.4. The number of halogens is 4. The minimum Gasteiger partial charge on any atom is -0.352 e. The summed E-state index contributed by atoms with van der Waals surface area (Å²) in [5, 5.41) is 5.22. The third kappa shape index (κ3) is 8.80. The molecule has 3 aromatic rings. The molecule has 9 heteroatoms. The van der Waals surface area contributed by atoms with Crippen LogP contribution in [-0.4, -0.2) is 34.6 Å². The Balaban J connectivity index is 1.60. The molecule has 0 aliphatic heterocycles. The van der Waals surface area contributed by atoms with Gasteiger partial charge < -0.3 is 10.2 Å². The van der Waals surface area contributed by atoms with Crippen molar-refractivity contribution in [2.24, 2.45) is 0 Å². The third-order valence-corrected chi connectivity index (χ3v) is 9.48. The summed E-state index contributed by atoms with van der Waals surface area (Å²) in [7, 11) is 0. The van der Waals surface area contributed by atoms with Gasteiger partial charge >= 0.3 is 0 Å². The summed E-state index contributed by atoms with van der Waals surface area (Å²) in [4.78, 5) is 29.4. The SMILES string of the molecule is O=C(NC1CCCCC1)[C@H](Cc1ccccc1)N(Cc1ccc(Cl)c(Cl)c1)C(=O)CSCc1c(Cl)cccc1Cl. The molecule has 0 aromatic heterocycles. The van der Waals surface area contributed by atoms with Crippen LogP contribution in [0.25, 0.3) is 0 Å². The molecule has 0 bridgehead atoms. The molecular formula is C31H32Cl4N2O2S. The van der Waals surface area contributed by atoms with Crippen LogP contribution in [0, 0.1) is 0 Å². The van der Waals surface area contributed by atoms with Crippen molar-refractivity contribution in [2.75, 3.05) is 5.75 Å². The Kier molecular flexibility index (Phi) is 11.9. The molecule has 3 aromatic carbocycles. The number of hydrogen-bond donors (Lipinski definition) is 1. The highest BCUT2D eigenvalue weighted by atomic mass is 35.5. The summed E-state index contributed by atoms with van der Waals surface area (Å²) in [5.74, 6) is 0.343. The lowest BCUT2D eigenvalue weighted by atomic mass is 9.94. The maximum atomic E-state index is 13.9. The van der Waals surface area contributed by atoms with Crippen molar-refractivity contribution in [1.29, 1.82) is 0 Å². The largest absolute Gasteiger partial charge is 0.352 e. The highest BCUT2D eigenvalue weighted by molar-refractivity contribution is 7.99. The van der Waals surface area contributed by atoms with Crippen LogP contribution in [0.2, 0.25) is 20.1 Å². The fraction of sp³-hybridized carbons (Fsp3) is 0.355. The van der Waals surface area contributed by atoms with Crippen LogP contribution < -0.4 is 5.32 Å². The summed E-state index contributed by atoms with van der Waals surface area (Å²) in [6.45, 7) is 0.221. The Labute approximate surface area is 260 Å². The molecule has 1 aliphatic carbocycles. The minimum atomic E-state index is -0.698. The van der Waals surface area contributed by atoms with E-state index in [1.165, 1.54) is 18.2 Å². The van der Waals surface area contributed by atoms with Gasteiger partial charge in [-0.25, -0.2) is 0 Å². The first-order valence-corrected chi connectivity index (χ1v) is 16.1. The summed E-state index contributed by atoms with van der Waals surface area (Å²) in [6, 6.07) is 19.9. The molecule has 2 amide bonds. The number of benzene rings is 3. The quantitative estimate of drug-likeness (QED) is 0.229. The molecule has 1 fully saturated rings. The van der Waals surface area contributed by atoms with Crippen molar-refractivity contribution in [3.05, 3.63) is 104 Å². The van der Waals surface area contributed by atoms with E-state index in [0.717, 1.165) is 42.4 Å². The molecule has 0 heterocycles. The van der Waals surface area contributed by atoms with E-state index >= 15 is 0 Å².